The van der Waals surface area contributed by atoms with Crippen molar-refractivity contribution in [2.45, 2.75) is 23.0 Å². The largest absolute Gasteiger partial charge is 0.463 e. The average molecular weight is 640 g/mol. The van der Waals surface area contributed by atoms with Gasteiger partial charge in [-0.2, -0.15) is 0 Å². The zero-order valence-electron chi connectivity index (χ0n) is 23.5. The van der Waals surface area contributed by atoms with Crippen LogP contribution in [0.5, 0.6) is 0 Å². The van der Waals surface area contributed by atoms with Gasteiger partial charge in [-0.05, 0) is 60.2 Å². The first-order chi connectivity index (χ1) is 21.8. The quantitative estimate of drug-likeness (QED) is 0.101. The summed E-state index contributed by atoms with van der Waals surface area (Å²) in [5.74, 6) is -1.13. The molecule has 1 aliphatic rings. The summed E-state index contributed by atoms with van der Waals surface area (Å²) in [6.45, 7) is 1.77. The van der Waals surface area contributed by atoms with Crippen molar-refractivity contribution >= 4 is 46.5 Å². The molecule has 13 heteroatoms. The molecule has 45 heavy (non-hydrogen) atoms. The van der Waals surface area contributed by atoms with Crippen LogP contribution >= 0.6 is 23.1 Å². The van der Waals surface area contributed by atoms with Gasteiger partial charge in [0.25, 0.3) is 11.2 Å². The second kappa shape index (κ2) is 12.8. The molecule has 0 radical (unpaired) electrons. The molecular weight excluding hydrogens is 618 g/mol. The van der Waals surface area contributed by atoms with Crippen LogP contribution in [0.4, 0.5) is 10.1 Å². The van der Waals surface area contributed by atoms with Gasteiger partial charge in [0, 0.05) is 24.0 Å². The highest BCUT2D eigenvalue weighted by atomic mass is 32.2. The van der Waals surface area contributed by atoms with Gasteiger partial charge in [0.2, 0.25) is 0 Å². The maximum atomic E-state index is 14.0. The van der Waals surface area contributed by atoms with Gasteiger partial charge in [-0.1, -0.05) is 59.9 Å². The topological polar surface area (TPSA) is 130 Å². The Hall–Kier alpha value is -5.27. The molecule has 10 nitrogen and oxygen atoms in total. The minimum atomic E-state index is -0.975. The fourth-order valence-electron chi connectivity index (χ4n) is 4.84. The molecule has 0 saturated carbocycles. The first-order valence-electron chi connectivity index (χ1n) is 13.6. The van der Waals surface area contributed by atoms with Crippen LogP contribution in [0, 0.1) is 15.9 Å². The number of nitro groups is 1. The van der Waals surface area contributed by atoms with E-state index in [0.29, 0.717) is 37.2 Å². The van der Waals surface area contributed by atoms with E-state index in [2.05, 4.69) is 9.97 Å². The molecule has 0 N–H and O–H groups in total. The number of fused-ring (bicyclic) bond motifs is 1. The minimum absolute atomic E-state index is 0.0917. The lowest BCUT2D eigenvalue weighted by Crippen LogP contribution is -2.40. The van der Waals surface area contributed by atoms with Crippen LogP contribution in [0.15, 0.2) is 117 Å². The number of hydrogen-bond donors (Lipinski definition) is 0. The number of rotatable bonds is 8. The van der Waals surface area contributed by atoms with Crippen LogP contribution < -0.4 is 14.9 Å². The number of halogens is 1. The lowest BCUT2D eigenvalue weighted by molar-refractivity contribution is -0.387. The zero-order valence-corrected chi connectivity index (χ0v) is 25.1. The summed E-state index contributed by atoms with van der Waals surface area (Å²) in [7, 11) is 0. The fraction of sp³-hybridized carbons (Fsp3) is 0.0938. The van der Waals surface area contributed by atoms with Crippen molar-refractivity contribution in [2.24, 2.45) is 4.99 Å². The number of nitrogens with zero attached hydrogens (tertiary/aromatic N) is 5. The van der Waals surface area contributed by atoms with Gasteiger partial charge >= 0.3 is 5.97 Å². The summed E-state index contributed by atoms with van der Waals surface area (Å²) >= 11 is 2.13. The van der Waals surface area contributed by atoms with Crippen molar-refractivity contribution in [1.82, 2.24) is 14.5 Å². The first kappa shape index (κ1) is 29.8. The monoisotopic (exact) mass is 639 g/mol. The van der Waals surface area contributed by atoms with E-state index in [1.165, 1.54) is 34.9 Å². The van der Waals surface area contributed by atoms with Gasteiger partial charge in [-0.25, -0.2) is 24.1 Å². The fourth-order valence-corrected chi connectivity index (χ4v) is 6.64. The summed E-state index contributed by atoms with van der Waals surface area (Å²) in [4.78, 5) is 52.7. The second-order valence-electron chi connectivity index (χ2n) is 9.60. The van der Waals surface area contributed by atoms with Crippen molar-refractivity contribution < 1.29 is 18.8 Å². The Morgan fingerprint density at radius 1 is 1.09 bits per heavy atom. The predicted octanol–water partition coefficient (Wildman–Crippen LogP) is 4.92. The van der Waals surface area contributed by atoms with Crippen LogP contribution in [0.1, 0.15) is 29.7 Å². The molecule has 0 aliphatic carbocycles. The standard InChI is InChI=1S/C32H22FN5O5S2/c1-2-43-30(40)26-27(20-7-4-3-5-8-20)36-32-37(28(26)21-10-12-22(33)13-11-21)29(39)25(45-32)18-19-9-14-24(23(17-19)38(41)42)44-31-34-15-6-16-35-31/h3-18,28H,2H2,1H3/b25-18+/t28-/m0/s1. The normalized spacial score (nSPS) is 14.5. The Kier molecular flexibility index (Phi) is 8.45. The van der Waals surface area contributed by atoms with E-state index in [1.807, 2.05) is 18.2 Å². The van der Waals surface area contributed by atoms with Crippen molar-refractivity contribution in [2.75, 3.05) is 6.61 Å². The number of thiazole rings is 1. The van der Waals surface area contributed by atoms with Gasteiger partial charge in [-0.3, -0.25) is 19.5 Å². The Morgan fingerprint density at radius 2 is 1.82 bits per heavy atom. The van der Waals surface area contributed by atoms with Gasteiger partial charge in [0.15, 0.2) is 9.96 Å². The van der Waals surface area contributed by atoms with Crippen LogP contribution in [0.25, 0.3) is 11.8 Å². The van der Waals surface area contributed by atoms with Crippen molar-refractivity contribution in [3.05, 3.63) is 149 Å². The molecule has 224 valence electrons. The summed E-state index contributed by atoms with van der Waals surface area (Å²) in [6, 6.07) is 19.9. The molecule has 0 saturated heterocycles. The highest BCUT2D eigenvalue weighted by Gasteiger charge is 2.35. The van der Waals surface area contributed by atoms with Crippen LogP contribution in [0.2, 0.25) is 0 Å². The molecule has 0 fully saturated rings. The van der Waals surface area contributed by atoms with Crippen LogP contribution in [-0.4, -0.2) is 32.0 Å². The SMILES string of the molecule is CCOC(=O)C1=C(c2ccccc2)N=c2s/c(=C/c3ccc(Sc4ncccn4)c([N+](=O)[O-])c3)c(=O)n2[C@H]1c1ccc(F)cc1. The first-order valence-corrected chi connectivity index (χ1v) is 15.2. The third-order valence-corrected chi connectivity index (χ3v) is 8.72. The van der Waals surface area contributed by atoms with Gasteiger partial charge < -0.3 is 4.74 Å². The molecule has 5 aromatic rings. The second-order valence-corrected chi connectivity index (χ2v) is 11.6. The van der Waals surface area contributed by atoms with Crippen LogP contribution in [0.3, 0.4) is 0 Å². The number of esters is 1. The summed E-state index contributed by atoms with van der Waals surface area (Å²) < 4.78 is 21.0. The third kappa shape index (κ3) is 6.08. The molecule has 1 aliphatic heterocycles. The van der Waals surface area contributed by atoms with Crippen molar-refractivity contribution in [1.29, 1.82) is 0 Å². The van der Waals surface area contributed by atoms with Gasteiger partial charge in [-0.15, -0.1) is 0 Å². The van der Waals surface area contributed by atoms with E-state index >= 15 is 0 Å². The Labute approximate surface area is 263 Å². The molecule has 0 bridgehead atoms. The van der Waals surface area contributed by atoms with Crippen molar-refractivity contribution in [3.8, 4) is 0 Å². The highest BCUT2D eigenvalue weighted by molar-refractivity contribution is 7.99. The number of ether oxygens (including phenoxy) is 1. The van der Waals surface area contributed by atoms with E-state index in [9.17, 15) is 24.1 Å². The summed E-state index contributed by atoms with van der Waals surface area (Å²) in [6.07, 6.45) is 4.64. The van der Waals surface area contributed by atoms with E-state index < -0.39 is 28.3 Å². The summed E-state index contributed by atoms with van der Waals surface area (Å²) in [5, 5.41) is 12.3. The zero-order chi connectivity index (χ0) is 31.5. The summed E-state index contributed by atoms with van der Waals surface area (Å²) in [5.41, 5.74) is 1.35. The lowest BCUT2D eigenvalue weighted by atomic mass is 9.93. The molecule has 0 amide bonds. The van der Waals surface area contributed by atoms with E-state index in [0.717, 1.165) is 23.1 Å². The van der Waals surface area contributed by atoms with Gasteiger partial charge in [0.1, 0.15) is 5.82 Å². The maximum Gasteiger partial charge on any atom is 0.338 e. The van der Waals surface area contributed by atoms with E-state index in [1.54, 1.807) is 55.7 Å². The number of aromatic nitrogens is 3. The molecule has 3 aromatic carbocycles. The number of carbonyl (C=O) groups excluding carboxylic acids is 1. The average Bonchev–Trinajstić information content (AvgIpc) is 3.36. The molecule has 3 heterocycles. The number of carbonyl (C=O) groups is 1. The number of benzene rings is 3. The molecule has 0 unspecified atom stereocenters. The van der Waals surface area contributed by atoms with Crippen LogP contribution in [-0.2, 0) is 9.53 Å². The molecule has 1 atom stereocenters. The number of hydrogen-bond acceptors (Lipinski definition) is 10. The minimum Gasteiger partial charge on any atom is -0.463 e. The predicted molar refractivity (Wildman–Crippen MR) is 167 cm³/mol. The Morgan fingerprint density at radius 3 is 2.51 bits per heavy atom. The van der Waals surface area contributed by atoms with Gasteiger partial charge in [0.05, 0.1) is 38.3 Å². The molecule has 0 spiro atoms. The Balaban J connectivity index is 1.54. The maximum absolute atomic E-state index is 14.0. The Bertz CT molecular complexity index is 2130. The highest BCUT2D eigenvalue weighted by Crippen LogP contribution is 2.36. The molecule has 2 aromatic heterocycles. The lowest BCUT2D eigenvalue weighted by Gasteiger charge is -2.25. The third-order valence-electron chi connectivity index (χ3n) is 6.78. The smallest absolute Gasteiger partial charge is 0.338 e. The molecular formula is C32H22FN5O5S2. The van der Waals surface area contributed by atoms with E-state index in [-0.39, 0.29) is 22.4 Å². The van der Waals surface area contributed by atoms with E-state index in [4.69, 9.17) is 9.73 Å². The van der Waals surface area contributed by atoms with Crippen molar-refractivity contribution in [3.63, 3.8) is 0 Å². The molecule has 6 rings (SSSR count). The number of nitro benzene ring substituents is 1.